The molecule has 1 saturated heterocycles. The first-order chi connectivity index (χ1) is 8.70. The van der Waals surface area contributed by atoms with Crippen LogP contribution in [0.3, 0.4) is 0 Å². The van der Waals surface area contributed by atoms with Crippen molar-refractivity contribution in [3.05, 3.63) is 0 Å². The number of carboxylic acid groups (broad SMARTS) is 1. The topological polar surface area (TPSA) is 52.6 Å². The van der Waals surface area contributed by atoms with Crippen molar-refractivity contribution in [2.45, 2.75) is 70.0 Å². The van der Waals surface area contributed by atoms with Crippen molar-refractivity contribution in [2.75, 3.05) is 13.1 Å². The Hall–Kier alpha value is -0.610. The van der Waals surface area contributed by atoms with E-state index in [1.54, 1.807) is 0 Å². The molecule has 1 heterocycles. The lowest BCUT2D eigenvalue weighted by atomic mass is 9.99. The fourth-order valence-electron chi connectivity index (χ4n) is 2.92. The molecule has 2 fully saturated rings. The smallest absolute Gasteiger partial charge is 0.320 e. The van der Waals surface area contributed by atoms with E-state index in [2.05, 4.69) is 17.1 Å². The lowest BCUT2D eigenvalue weighted by Gasteiger charge is -2.35. The number of nitrogens with one attached hydrogen (secondary N) is 1. The van der Waals surface area contributed by atoms with Gasteiger partial charge in [0.15, 0.2) is 0 Å². The third-order valence-electron chi connectivity index (χ3n) is 4.24. The average Bonchev–Trinajstić information content (AvgIpc) is 3.18. The number of likely N-dealkylation sites (tertiary alicyclic amines) is 1. The van der Waals surface area contributed by atoms with E-state index >= 15 is 0 Å². The zero-order chi connectivity index (χ0) is 13.0. The van der Waals surface area contributed by atoms with Crippen LogP contribution in [-0.2, 0) is 4.79 Å². The Morgan fingerprint density at radius 1 is 1.39 bits per heavy atom. The van der Waals surface area contributed by atoms with Crippen LogP contribution in [0.4, 0.5) is 0 Å². The summed E-state index contributed by atoms with van der Waals surface area (Å²) in [5, 5.41) is 12.5. The molecule has 4 heteroatoms. The van der Waals surface area contributed by atoms with Gasteiger partial charge in [0, 0.05) is 18.6 Å². The van der Waals surface area contributed by atoms with Crippen LogP contribution < -0.4 is 5.32 Å². The van der Waals surface area contributed by atoms with Crippen molar-refractivity contribution in [2.24, 2.45) is 0 Å². The number of nitrogens with zero attached hydrogens (tertiary/aromatic N) is 1. The number of carboxylic acids is 1. The molecule has 0 aromatic rings. The van der Waals surface area contributed by atoms with Crippen molar-refractivity contribution in [1.29, 1.82) is 0 Å². The quantitative estimate of drug-likeness (QED) is 0.728. The van der Waals surface area contributed by atoms with Gasteiger partial charge in [0.2, 0.25) is 0 Å². The van der Waals surface area contributed by atoms with Gasteiger partial charge in [-0.3, -0.25) is 4.79 Å². The number of piperidine rings is 1. The van der Waals surface area contributed by atoms with Crippen LogP contribution in [-0.4, -0.2) is 47.2 Å². The van der Waals surface area contributed by atoms with Gasteiger partial charge in [-0.2, -0.15) is 0 Å². The van der Waals surface area contributed by atoms with Gasteiger partial charge in [-0.05, 0) is 45.1 Å². The molecule has 4 nitrogen and oxygen atoms in total. The summed E-state index contributed by atoms with van der Waals surface area (Å²) in [5.74, 6) is -0.688. The molecule has 1 aliphatic heterocycles. The Labute approximate surface area is 110 Å². The summed E-state index contributed by atoms with van der Waals surface area (Å²) in [6.45, 7) is 4.31. The lowest BCUT2D eigenvalue weighted by molar-refractivity contribution is -0.139. The van der Waals surface area contributed by atoms with Gasteiger partial charge in [0.05, 0.1) is 0 Å². The zero-order valence-electron chi connectivity index (χ0n) is 11.4. The standard InChI is InChI=1S/C14H26N2O2/c1-2-12-5-3-4-9-16(12)10-8-13(14(17)18)15-11-6-7-11/h11-13,15H,2-10H2,1H3,(H,17,18). The molecule has 2 unspecified atom stereocenters. The SMILES string of the molecule is CCC1CCCCN1CCC(NC1CC1)C(=O)O. The average molecular weight is 254 g/mol. The molecular weight excluding hydrogens is 228 g/mol. The maximum absolute atomic E-state index is 11.2. The van der Waals surface area contributed by atoms with Crippen molar-refractivity contribution < 1.29 is 9.90 Å². The molecular formula is C14H26N2O2. The predicted molar refractivity (Wildman–Crippen MR) is 71.7 cm³/mol. The molecule has 2 aliphatic rings. The Bertz CT molecular complexity index is 279. The fourth-order valence-corrected chi connectivity index (χ4v) is 2.92. The van der Waals surface area contributed by atoms with Crippen LogP contribution in [0.25, 0.3) is 0 Å². The Morgan fingerprint density at radius 3 is 2.78 bits per heavy atom. The second kappa shape index (κ2) is 6.53. The van der Waals surface area contributed by atoms with Gasteiger partial charge in [-0.15, -0.1) is 0 Å². The van der Waals surface area contributed by atoms with E-state index in [4.69, 9.17) is 0 Å². The number of aliphatic carboxylic acids is 1. The summed E-state index contributed by atoms with van der Waals surface area (Å²) in [4.78, 5) is 13.7. The number of rotatable bonds is 7. The third-order valence-corrected chi connectivity index (χ3v) is 4.24. The van der Waals surface area contributed by atoms with Crippen LogP contribution in [0.15, 0.2) is 0 Å². The molecule has 0 spiro atoms. The van der Waals surface area contributed by atoms with Gasteiger partial charge >= 0.3 is 5.97 Å². The first-order valence-corrected chi connectivity index (χ1v) is 7.43. The normalized spacial score (nSPS) is 27.1. The minimum Gasteiger partial charge on any atom is -0.480 e. The minimum atomic E-state index is -0.688. The molecule has 0 radical (unpaired) electrons. The summed E-state index contributed by atoms with van der Waals surface area (Å²) >= 11 is 0. The van der Waals surface area contributed by atoms with E-state index in [1.807, 2.05) is 0 Å². The fraction of sp³-hybridized carbons (Fsp3) is 0.929. The van der Waals surface area contributed by atoms with Crippen molar-refractivity contribution in [3.63, 3.8) is 0 Å². The molecule has 0 bridgehead atoms. The van der Waals surface area contributed by atoms with E-state index in [-0.39, 0.29) is 6.04 Å². The summed E-state index contributed by atoms with van der Waals surface area (Å²) in [7, 11) is 0. The van der Waals surface area contributed by atoms with E-state index in [1.165, 1.54) is 25.7 Å². The lowest BCUT2D eigenvalue weighted by Crippen LogP contribution is -2.44. The highest BCUT2D eigenvalue weighted by Crippen LogP contribution is 2.22. The van der Waals surface area contributed by atoms with E-state index in [0.29, 0.717) is 12.1 Å². The highest BCUT2D eigenvalue weighted by Gasteiger charge is 2.29. The van der Waals surface area contributed by atoms with Gasteiger partial charge < -0.3 is 15.3 Å². The molecule has 18 heavy (non-hydrogen) atoms. The molecule has 2 N–H and O–H groups in total. The maximum atomic E-state index is 11.2. The van der Waals surface area contributed by atoms with Crippen molar-refractivity contribution in [1.82, 2.24) is 10.2 Å². The van der Waals surface area contributed by atoms with Gasteiger partial charge in [0.25, 0.3) is 0 Å². The second-order valence-electron chi connectivity index (χ2n) is 5.71. The molecule has 0 amide bonds. The van der Waals surface area contributed by atoms with Gasteiger partial charge in [0.1, 0.15) is 6.04 Å². The molecule has 2 atom stereocenters. The summed E-state index contributed by atoms with van der Waals surface area (Å²) < 4.78 is 0. The summed E-state index contributed by atoms with van der Waals surface area (Å²) in [5.41, 5.74) is 0. The molecule has 1 saturated carbocycles. The molecule has 1 aliphatic carbocycles. The monoisotopic (exact) mass is 254 g/mol. The van der Waals surface area contributed by atoms with Crippen molar-refractivity contribution >= 4 is 5.97 Å². The van der Waals surface area contributed by atoms with Crippen LogP contribution >= 0.6 is 0 Å². The molecule has 2 rings (SSSR count). The maximum Gasteiger partial charge on any atom is 0.320 e. The Kier molecular flexibility index (Phi) is 5.01. The van der Waals surface area contributed by atoms with Crippen LogP contribution in [0, 0.1) is 0 Å². The second-order valence-corrected chi connectivity index (χ2v) is 5.71. The van der Waals surface area contributed by atoms with Crippen LogP contribution in [0.1, 0.15) is 51.9 Å². The molecule has 0 aromatic carbocycles. The van der Waals surface area contributed by atoms with E-state index in [9.17, 15) is 9.90 Å². The Morgan fingerprint density at radius 2 is 2.17 bits per heavy atom. The van der Waals surface area contributed by atoms with E-state index in [0.717, 1.165) is 32.4 Å². The summed E-state index contributed by atoms with van der Waals surface area (Å²) in [6, 6.07) is 0.792. The van der Waals surface area contributed by atoms with Gasteiger partial charge in [-0.25, -0.2) is 0 Å². The highest BCUT2D eigenvalue weighted by molar-refractivity contribution is 5.73. The molecule has 0 aromatic heterocycles. The number of hydrogen-bond acceptors (Lipinski definition) is 3. The highest BCUT2D eigenvalue weighted by atomic mass is 16.4. The number of carbonyl (C=O) groups is 1. The first-order valence-electron chi connectivity index (χ1n) is 7.43. The minimum absolute atomic E-state index is 0.350. The predicted octanol–water partition coefficient (Wildman–Crippen LogP) is 1.85. The third kappa shape index (κ3) is 3.95. The molecule has 104 valence electrons. The first kappa shape index (κ1) is 13.8. The largest absolute Gasteiger partial charge is 0.480 e. The Balaban J connectivity index is 1.77. The van der Waals surface area contributed by atoms with Crippen molar-refractivity contribution in [3.8, 4) is 0 Å². The van der Waals surface area contributed by atoms with E-state index < -0.39 is 5.97 Å². The van der Waals surface area contributed by atoms with Crippen LogP contribution in [0.5, 0.6) is 0 Å². The number of hydrogen-bond donors (Lipinski definition) is 2. The zero-order valence-corrected chi connectivity index (χ0v) is 11.4. The van der Waals surface area contributed by atoms with Crippen LogP contribution in [0.2, 0.25) is 0 Å². The van der Waals surface area contributed by atoms with Gasteiger partial charge in [-0.1, -0.05) is 13.3 Å². The summed E-state index contributed by atoms with van der Waals surface area (Å²) in [6.07, 6.45) is 8.10.